The number of carbonyl (C=O) groups is 2. The summed E-state index contributed by atoms with van der Waals surface area (Å²) < 4.78 is 12.6. The van der Waals surface area contributed by atoms with Gasteiger partial charge in [-0.15, -0.1) is 0 Å². The van der Waals surface area contributed by atoms with Crippen molar-refractivity contribution in [2.75, 3.05) is 25.1 Å². The molecule has 3 aromatic rings. The lowest BCUT2D eigenvalue weighted by molar-refractivity contribution is -0.127. The largest absolute Gasteiger partial charge is 0.492 e. The molecule has 164 valence electrons. The van der Waals surface area contributed by atoms with Gasteiger partial charge in [-0.1, -0.05) is 30.3 Å². The Bertz CT molecular complexity index is 1180. The summed E-state index contributed by atoms with van der Waals surface area (Å²) in [4.78, 5) is 39.2. The number of nitrogens with zero attached hydrogens (tertiary/aromatic N) is 3. The standard InChI is InChI=1S/C23H22N4O5/c1-24-22(29)20-15-26(18-9-5-6-10-19(18)32-20)23(30)17-11-12-21(28)27(25-17)13-14-31-16-7-3-2-4-8-16/h2-12,20H,13-15H2,1H3,(H,24,29). The minimum atomic E-state index is -0.857. The summed E-state index contributed by atoms with van der Waals surface area (Å²) in [5, 5.41) is 6.77. The summed E-state index contributed by atoms with van der Waals surface area (Å²) in [7, 11) is 1.51. The molecule has 4 rings (SSSR count). The number of anilines is 1. The van der Waals surface area contributed by atoms with Crippen LogP contribution in [0.4, 0.5) is 5.69 Å². The molecule has 9 heteroatoms. The first-order valence-electron chi connectivity index (χ1n) is 10.1. The van der Waals surface area contributed by atoms with Crippen molar-refractivity contribution in [3.05, 3.63) is 82.8 Å². The van der Waals surface area contributed by atoms with Crippen molar-refractivity contribution < 1.29 is 19.1 Å². The van der Waals surface area contributed by atoms with E-state index in [1.807, 2.05) is 30.3 Å². The molecular weight excluding hydrogens is 412 g/mol. The summed E-state index contributed by atoms with van der Waals surface area (Å²) >= 11 is 0. The second-order valence-electron chi connectivity index (χ2n) is 7.05. The van der Waals surface area contributed by atoms with Crippen molar-refractivity contribution in [2.24, 2.45) is 0 Å². The van der Waals surface area contributed by atoms with E-state index >= 15 is 0 Å². The van der Waals surface area contributed by atoms with Crippen LogP contribution < -0.4 is 25.2 Å². The van der Waals surface area contributed by atoms with E-state index in [0.717, 1.165) is 0 Å². The number of fused-ring (bicyclic) bond motifs is 1. The van der Waals surface area contributed by atoms with E-state index in [-0.39, 0.29) is 36.9 Å². The Morgan fingerprint density at radius 2 is 1.84 bits per heavy atom. The zero-order valence-corrected chi connectivity index (χ0v) is 17.4. The molecule has 1 aromatic heterocycles. The second kappa shape index (κ2) is 9.34. The molecule has 1 aliphatic rings. The lowest BCUT2D eigenvalue weighted by Crippen LogP contribution is -2.50. The van der Waals surface area contributed by atoms with Crippen molar-refractivity contribution in [1.82, 2.24) is 15.1 Å². The van der Waals surface area contributed by atoms with Gasteiger partial charge in [-0.3, -0.25) is 19.3 Å². The van der Waals surface area contributed by atoms with E-state index in [0.29, 0.717) is 17.2 Å². The first-order valence-corrected chi connectivity index (χ1v) is 10.1. The molecule has 0 fully saturated rings. The lowest BCUT2D eigenvalue weighted by Gasteiger charge is -2.33. The topological polar surface area (TPSA) is 103 Å². The van der Waals surface area contributed by atoms with E-state index in [1.165, 1.54) is 28.8 Å². The highest BCUT2D eigenvalue weighted by molar-refractivity contribution is 6.06. The smallest absolute Gasteiger partial charge is 0.278 e. The number of benzene rings is 2. The number of aromatic nitrogens is 2. The molecule has 1 aliphatic heterocycles. The predicted molar refractivity (Wildman–Crippen MR) is 117 cm³/mol. The summed E-state index contributed by atoms with van der Waals surface area (Å²) in [5.41, 5.74) is 0.269. The minimum absolute atomic E-state index is 0.0213. The summed E-state index contributed by atoms with van der Waals surface area (Å²) in [6.07, 6.45) is -0.857. The molecule has 0 radical (unpaired) electrons. The molecule has 1 atom stereocenters. The average Bonchev–Trinajstić information content (AvgIpc) is 2.84. The van der Waals surface area contributed by atoms with Gasteiger partial charge in [-0.2, -0.15) is 5.10 Å². The Kier molecular flexibility index (Phi) is 6.16. The predicted octanol–water partition coefficient (Wildman–Crippen LogP) is 1.48. The fourth-order valence-corrected chi connectivity index (χ4v) is 3.35. The first kappa shape index (κ1) is 21.1. The van der Waals surface area contributed by atoms with Crippen LogP contribution in [0.1, 0.15) is 10.5 Å². The molecule has 2 heterocycles. The van der Waals surface area contributed by atoms with E-state index in [1.54, 1.807) is 24.3 Å². The van der Waals surface area contributed by atoms with Gasteiger partial charge < -0.3 is 14.8 Å². The zero-order chi connectivity index (χ0) is 22.5. The lowest BCUT2D eigenvalue weighted by atomic mass is 10.1. The van der Waals surface area contributed by atoms with Gasteiger partial charge in [0.15, 0.2) is 6.10 Å². The maximum atomic E-state index is 13.3. The number of carbonyl (C=O) groups excluding carboxylic acids is 2. The molecule has 0 saturated heterocycles. The van der Waals surface area contributed by atoms with Crippen LogP contribution in [0.5, 0.6) is 11.5 Å². The first-order chi connectivity index (χ1) is 15.6. The van der Waals surface area contributed by atoms with Gasteiger partial charge in [0.25, 0.3) is 17.4 Å². The molecule has 2 amide bonds. The van der Waals surface area contributed by atoms with Gasteiger partial charge in [-0.05, 0) is 30.3 Å². The van der Waals surface area contributed by atoms with Crippen molar-refractivity contribution >= 4 is 17.5 Å². The normalized spacial score (nSPS) is 14.8. The molecular formula is C23H22N4O5. The molecule has 1 N–H and O–H groups in total. The van der Waals surface area contributed by atoms with Gasteiger partial charge >= 0.3 is 0 Å². The van der Waals surface area contributed by atoms with Gasteiger partial charge in [0.05, 0.1) is 18.8 Å². The summed E-state index contributed by atoms with van der Waals surface area (Å²) in [6.45, 7) is 0.413. The quantitative estimate of drug-likeness (QED) is 0.630. The number of likely N-dealkylation sites (N-methyl/N-ethyl adjacent to an activating group) is 1. The maximum Gasteiger partial charge on any atom is 0.278 e. The monoisotopic (exact) mass is 434 g/mol. The van der Waals surface area contributed by atoms with Crippen LogP contribution in [0.25, 0.3) is 0 Å². The van der Waals surface area contributed by atoms with Crippen LogP contribution in [0.3, 0.4) is 0 Å². The number of ether oxygens (including phenoxy) is 2. The molecule has 0 bridgehead atoms. The Morgan fingerprint density at radius 3 is 2.62 bits per heavy atom. The summed E-state index contributed by atoms with van der Waals surface area (Å²) in [5.74, 6) is 0.323. The van der Waals surface area contributed by atoms with Crippen molar-refractivity contribution in [2.45, 2.75) is 12.6 Å². The number of hydrogen-bond donors (Lipinski definition) is 1. The Labute approximate surface area is 184 Å². The third kappa shape index (κ3) is 4.46. The third-order valence-electron chi connectivity index (χ3n) is 4.96. The van der Waals surface area contributed by atoms with Crippen LogP contribution in [0.15, 0.2) is 71.5 Å². The average molecular weight is 434 g/mol. The number of rotatable bonds is 6. The Hall–Kier alpha value is -4.14. The van der Waals surface area contributed by atoms with Crippen LogP contribution >= 0.6 is 0 Å². The van der Waals surface area contributed by atoms with E-state index in [9.17, 15) is 14.4 Å². The Morgan fingerprint density at radius 1 is 1.09 bits per heavy atom. The number of hydrogen-bond acceptors (Lipinski definition) is 6. The van der Waals surface area contributed by atoms with Crippen LogP contribution in [-0.4, -0.2) is 47.9 Å². The molecule has 32 heavy (non-hydrogen) atoms. The van der Waals surface area contributed by atoms with Crippen LogP contribution in [-0.2, 0) is 11.3 Å². The summed E-state index contributed by atoms with van der Waals surface area (Å²) in [6, 6.07) is 18.9. The minimum Gasteiger partial charge on any atom is -0.492 e. The van der Waals surface area contributed by atoms with E-state index in [2.05, 4.69) is 10.4 Å². The van der Waals surface area contributed by atoms with Crippen molar-refractivity contribution in [3.63, 3.8) is 0 Å². The van der Waals surface area contributed by atoms with Crippen LogP contribution in [0.2, 0.25) is 0 Å². The maximum absolute atomic E-state index is 13.3. The van der Waals surface area contributed by atoms with Gasteiger partial charge in [-0.25, -0.2) is 4.68 Å². The molecule has 2 aromatic carbocycles. The van der Waals surface area contributed by atoms with E-state index in [4.69, 9.17) is 9.47 Å². The highest BCUT2D eigenvalue weighted by Crippen LogP contribution is 2.33. The van der Waals surface area contributed by atoms with Gasteiger partial charge in [0.2, 0.25) is 0 Å². The Balaban J connectivity index is 1.55. The van der Waals surface area contributed by atoms with Crippen LogP contribution in [0, 0.1) is 0 Å². The molecule has 0 spiro atoms. The van der Waals surface area contributed by atoms with Crippen molar-refractivity contribution in [3.8, 4) is 11.5 Å². The third-order valence-corrected chi connectivity index (χ3v) is 4.96. The van der Waals surface area contributed by atoms with Crippen molar-refractivity contribution in [1.29, 1.82) is 0 Å². The molecule has 9 nitrogen and oxygen atoms in total. The number of para-hydroxylation sites is 3. The number of amides is 2. The highest BCUT2D eigenvalue weighted by Gasteiger charge is 2.34. The molecule has 1 unspecified atom stereocenters. The molecule has 0 aliphatic carbocycles. The van der Waals surface area contributed by atoms with Gasteiger partial charge in [0, 0.05) is 13.1 Å². The SMILES string of the molecule is CNC(=O)C1CN(C(=O)c2ccc(=O)n(CCOc3ccccc3)n2)c2ccccc2O1. The zero-order valence-electron chi connectivity index (χ0n) is 17.4. The fourth-order valence-electron chi connectivity index (χ4n) is 3.35. The highest BCUT2D eigenvalue weighted by atomic mass is 16.5. The fraction of sp³-hybridized carbons (Fsp3) is 0.217. The second-order valence-corrected chi connectivity index (χ2v) is 7.05. The molecule has 0 saturated carbocycles. The number of nitrogens with one attached hydrogen (secondary N) is 1. The van der Waals surface area contributed by atoms with E-state index < -0.39 is 12.0 Å². The van der Waals surface area contributed by atoms with Gasteiger partial charge in [0.1, 0.15) is 23.8 Å².